The number of carbonyl (C=O) groups excluding carboxylic acids is 1. The Bertz CT molecular complexity index is 1920. The van der Waals surface area contributed by atoms with Crippen LogP contribution in [0.1, 0.15) is 31.2 Å². The van der Waals surface area contributed by atoms with Gasteiger partial charge in [0.05, 0.1) is 45.0 Å². The first kappa shape index (κ1) is 28.7. The Balaban J connectivity index is 1.62. The van der Waals surface area contributed by atoms with E-state index < -0.39 is 16.9 Å². The molecule has 4 aromatic rings. The van der Waals surface area contributed by atoms with Crippen molar-refractivity contribution in [2.24, 2.45) is 4.99 Å². The smallest absolute Gasteiger partial charge is 0.338 e. The minimum atomic E-state index is -0.780. The van der Waals surface area contributed by atoms with Crippen LogP contribution in [-0.2, 0) is 9.53 Å². The number of allylic oxidation sites excluding steroid dienone is 1. The lowest BCUT2D eigenvalue weighted by atomic mass is 9.96. The largest absolute Gasteiger partial charge is 0.496 e. The molecule has 210 valence electrons. The second kappa shape index (κ2) is 11.6. The highest BCUT2D eigenvalue weighted by Crippen LogP contribution is 2.35. The monoisotopic (exact) mass is 701 g/mol. The fourth-order valence-corrected chi connectivity index (χ4v) is 6.63. The molecule has 0 amide bonds. The zero-order valence-corrected chi connectivity index (χ0v) is 25.8. The van der Waals surface area contributed by atoms with Crippen molar-refractivity contribution in [2.45, 2.75) is 19.9 Å². The van der Waals surface area contributed by atoms with Gasteiger partial charge in [-0.05, 0) is 81.6 Å². The average Bonchev–Trinajstić information content (AvgIpc) is 3.51. The van der Waals surface area contributed by atoms with Crippen molar-refractivity contribution in [3.8, 4) is 17.1 Å². The molecular formula is C28H21Br2N3O7S. The quantitative estimate of drug-likeness (QED) is 0.141. The van der Waals surface area contributed by atoms with E-state index in [1.807, 2.05) is 0 Å². The molecule has 0 radical (unpaired) electrons. The molecule has 13 heteroatoms. The fourth-order valence-electron chi connectivity index (χ4n) is 4.48. The van der Waals surface area contributed by atoms with Gasteiger partial charge >= 0.3 is 5.97 Å². The van der Waals surface area contributed by atoms with Crippen LogP contribution in [-0.4, -0.2) is 29.2 Å². The Kier molecular flexibility index (Phi) is 8.11. The van der Waals surface area contributed by atoms with Gasteiger partial charge < -0.3 is 13.9 Å². The number of non-ortho nitro benzene ring substituents is 1. The molecule has 0 unspecified atom stereocenters. The van der Waals surface area contributed by atoms with Gasteiger partial charge in [-0.15, -0.1) is 0 Å². The molecule has 41 heavy (non-hydrogen) atoms. The topological polar surface area (TPSA) is 126 Å². The Morgan fingerprint density at radius 1 is 1.20 bits per heavy atom. The molecule has 0 spiro atoms. The van der Waals surface area contributed by atoms with E-state index in [9.17, 15) is 19.7 Å². The standard InChI is InChI=1S/C28H21Br2N3O7S/c1-4-39-27(35)24-14(2)31-28-32(25(24)15-5-9-22(38-3)20(30)11-15)26(34)23(41-28)13-17-7-10-21(40-17)18-8-6-16(33(36)37)12-19(18)29/h5-13,25H,4H2,1-3H3/b23-13+/t25-/m0/s1. The number of fused-ring (bicyclic) bond motifs is 1. The second-order valence-electron chi connectivity index (χ2n) is 8.82. The zero-order valence-electron chi connectivity index (χ0n) is 21.8. The van der Waals surface area contributed by atoms with Gasteiger partial charge in [0.1, 0.15) is 17.3 Å². The molecule has 1 aliphatic heterocycles. The molecule has 2 aromatic carbocycles. The van der Waals surface area contributed by atoms with E-state index in [2.05, 4.69) is 36.9 Å². The normalized spacial score (nSPS) is 15.0. The minimum absolute atomic E-state index is 0.0514. The van der Waals surface area contributed by atoms with Gasteiger partial charge in [0.15, 0.2) is 4.80 Å². The molecule has 0 aliphatic carbocycles. The summed E-state index contributed by atoms with van der Waals surface area (Å²) < 4.78 is 19.7. The number of furan rings is 1. The van der Waals surface area contributed by atoms with E-state index in [0.29, 0.717) is 52.4 Å². The van der Waals surface area contributed by atoms with Crippen molar-refractivity contribution in [3.63, 3.8) is 0 Å². The van der Waals surface area contributed by atoms with Crippen LogP contribution in [0.5, 0.6) is 5.75 Å². The maximum Gasteiger partial charge on any atom is 0.338 e. The van der Waals surface area contributed by atoms with Crippen LogP contribution >= 0.6 is 43.2 Å². The number of nitro groups is 1. The van der Waals surface area contributed by atoms with Gasteiger partial charge in [-0.25, -0.2) is 9.79 Å². The number of nitrogens with zero attached hydrogens (tertiary/aromatic N) is 3. The molecule has 5 rings (SSSR count). The molecule has 3 heterocycles. The van der Waals surface area contributed by atoms with E-state index in [1.165, 1.54) is 28.0 Å². The number of nitro benzene ring substituents is 1. The summed E-state index contributed by atoms with van der Waals surface area (Å²) in [6, 6.07) is 12.4. The Morgan fingerprint density at radius 3 is 2.63 bits per heavy atom. The summed E-state index contributed by atoms with van der Waals surface area (Å²) in [6.07, 6.45) is 1.61. The number of esters is 1. The maximum atomic E-state index is 13.8. The van der Waals surface area contributed by atoms with Gasteiger partial charge in [-0.3, -0.25) is 19.5 Å². The molecule has 1 atom stereocenters. The van der Waals surface area contributed by atoms with Crippen LogP contribution in [0.15, 0.2) is 83.0 Å². The number of ether oxygens (including phenoxy) is 2. The molecule has 0 N–H and O–H groups in total. The number of carbonyl (C=O) groups is 1. The van der Waals surface area contributed by atoms with Crippen LogP contribution < -0.4 is 19.6 Å². The molecular weight excluding hydrogens is 682 g/mol. The lowest BCUT2D eigenvalue weighted by molar-refractivity contribution is -0.384. The van der Waals surface area contributed by atoms with Crippen LogP contribution in [0.25, 0.3) is 17.4 Å². The summed E-state index contributed by atoms with van der Waals surface area (Å²) in [7, 11) is 1.55. The van der Waals surface area contributed by atoms with Crippen molar-refractivity contribution in [1.82, 2.24) is 4.57 Å². The Hall–Kier alpha value is -3.81. The molecule has 1 aliphatic rings. The van der Waals surface area contributed by atoms with Crippen molar-refractivity contribution in [3.05, 3.63) is 110 Å². The molecule has 0 fully saturated rings. The molecule has 0 saturated heterocycles. The van der Waals surface area contributed by atoms with E-state index in [1.54, 1.807) is 63.4 Å². The number of hydrogen-bond donors (Lipinski definition) is 0. The zero-order chi connectivity index (χ0) is 29.4. The third-order valence-corrected chi connectivity index (χ3v) is 8.60. The summed E-state index contributed by atoms with van der Waals surface area (Å²) in [6.45, 7) is 3.61. The lowest BCUT2D eigenvalue weighted by Gasteiger charge is -2.25. The van der Waals surface area contributed by atoms with Crippen molar-refractivity contribution in [2.75, 3.05) is 13.7 Å². The second-order valence-corrected chi connectivity index (χ2v) is 11.5. The number of rotatable bonds is 7. The first-order valence-corrected chi connectivity index (χ1v) is 14.6. The van der Waals surface area contributed by atoms with Crippen LogP contribution in [0, 0.1) is 10.1 Å². The predicted octanol–water partition coefficient (Wildman–Crippen LogP) is 5.50. The molecule has 10 nitrogen and oxygen atoms in total. The molecule has 2 aromatic heterocycles. The molecule has 0 bridgehead atoms. The summed E-state index contributed by atoms with van der Waals surface area (Å²) >= 11 is 8.04. The van der Waals surface area contributed by atoms with Crippen molar-refractivity contribution >= 4 is 60.9 Å². The lowest BCUT2D eigenvalue weighted by Crippen LogP contribution is -2.39. The Morgan fingerprint density at radius 2 is 1.98 bits per heavy atom. The van der Waals surface area contributed by atoms with Crippen LogP contribution in [0.4, 0.5) is 5.69 Å². The van der Waals surface area contributed by atoms with Crippen LogP contribution in [0.3, 0.4) is 0 Å². The first-order valence-electron chi connectivity index (χ1n) is 12.2. The summed E-state index contributed by atoms with van der Waals surface area (Å²) in [4.78, 5) is 42.5. The first-order chi connectivity index (χ1) is 19.6. The van der Waals surface area contributed by atoms with E-state index in [-0.39, 0.29) is 23.4 Å². The van der Waals surface area contributed by atoms with Gasteiger partial charge in [-0.2, -0.15) is 0 Å². The average molecular weight is 703 g/mol. The Labute approximate surface area is 253 Å². The predicted molar refractivity (Wildman–Crippen MR) is 160 cm³/mol. The van der Waals surface area contributed by atoms with Crippen molar-refractivity contribution < 1.29 is 23.6 Å². The minimum Gasteiger partial charge on any atom is -0.496 e. The van der Waals surface area contributed by atoms with Crippen molar-refractivity contribution in [1.29, 1.82) is 0 Å². The van der Waals surface area contributed by atoms with Gasteiger partial charge in [0.2, 0.25) is 0 Å². The summed E-state index contributed by atoms with van der Waals surface area (Å²) in [5.41, 5.74) is 1.61. The van der Waals surface area contributed by atoms with Crippen LogP contribution in [0.2, 0.25) is 0 Å². The van der Waals surface area contributed by atoms with Gasteiger partial charge in [0, 0.05) is 28.2 Å². The molecule has 0 saturated carbocycles. The maximum absolute atomic E-state index is 13.8. The number of hydrogen-bond acceptors (Lipinski definition) is 9. The number of aromatic nitrogens is 1. The highest BCUT2D eigenvalue weighted by molar-refractivity contribution is 9.11. The van der Waals surface area contributed by atoms with E-state index in [0.717, 1.165) is 0 Å². The van der Waals surface area contributed by atoms with Gasteiger partial charge in [-0.1, -0.05) is 17.4 Å². The van der Waals surface area contributed by atoms with Gasteiger partial charge in [0.25, 0.3) is 11.2 Å². The third kappa shape index (κ3) is 5.44. The number of benzene rings is 2. The van der Waals surface area contributed by atoms with E-state index in [4.69, 9.17) is 13.9 Å². The summed E-state index contributed by atoms with van der Waals surface area (Å²) in [5, 5.41) is 11.1. The number of halogens is 2. The summed E-state index contributed by atoms with van der Waals surface area (Å²) in [5.74, 6) is 0.921. The number of thiazole rings is 1. The fraction of sp³-hybridized carbons (Fsp3) is 0.179. The SMILES string of the molecule is CCOC(=O)C1=C(C)N=c2s/c(=C/c3ccc(-c4ccc([N+](=O)[O-])cc4Br)o3)c(=O)n2[C@H]1c1ccc(OC)c(Br)c1. The highest BCUT2D eigenvalue weighted by Gasteiger charge is 2.33. The van der Waals surface area contributed by atoms with E-state index >= 15 is 0 Å². The third-order valence-electron chi connectivity index (χ3n) is 6.34. The number of methoxy groups -OCH3 is 1. The highest BCUT2D eigenvalue weighted by atomic mass is 79.9.